The molecule has 96 valence electrons. The first kappa shape index (κ1) is 12.6. The number of nitrogens with zero attached hydrogens (tertiary/aromatic N) is 4. The van der Waals surface area contributed by atoms with Gasteiger partial charge < -0.3 is 10.5 Å². The van der Waals surface area contributed by atoms with Gasteiger partial charge in [0, 0.05) is 18.6 Å². The van der Waals surface area contributed by atoms with Crippen LogP contribution in [0, 0.1) is 11.3 Å². The van der Waals surface area contributed by atoms with Crippen LogP contribution in [-0.2, 0) is 4.74 Å². The number of carbonyl (C=O) groups excluding carboxylic acids is 1. The molecule has 0 aromatic carbocycles. The minimum Gasteiger partial charge on any atom is -0.462 e. The molecule has 19 heavy (non-hydrogen) atoms. The van der Waals surface area contributed by atoms with E-state index in [1.54, 1.807) is 13.1 Å². The van der Waals surface area contributed by atoms with Crippen molar-refractivity contribution in [1.82, 2.24) is 14.5 Å². The summed E-state index contributed by atoms with van der Waals surface area (Å²) in [5, 5.41) is 8.93. The van der Waals surface area contributed by atoms with Gasteiger partial charge in [-0.2, -0.15) is 5.26 Å². The van der Waals surface area contributed by atoms with Crippen LogP contribution in [0.2, 0.25) is 0 Å². The van der Waals surface area contributed by atoms with E-state index in [-0.39, 0.29) is 29.5 Å². The number of nitriles is 1. The number of ether oxygens (including phenoxy) is 1. The molecule has 2 aromatic rings. The van der Waals surface area contributed by atoms with Gasteiger partial charge in [-0.1, -0.05) is 0 Å². The Morgan fingerprint density at radius 2 is 2.32 bits per heavy atom. The Morgan fingerprint density at radius 3 is 3.00 bits per heavy atom. The van der Waals surface area contributed by atoms with Gasteiger partial charge in [0.25, 0.3) is 0 Å². The third-order valence-corrected chi connectivity index (χ3v) is 2.43. The minimum atomic E-state index is -0.526. The zero-order valence-electron chi connectivity index (χ0n) is 10.2. The summed E-state index contributed by atoms with van der Waals surface area (Å²) in [6.07, 6.45) is 4.43. The summed E-state index contributed by atoms with van der Waals surface area (Å²) in [5.74, 6) is -0.109. The molecule has 0 saturated heterocycles. The van der Waals surface area contributed by atoms with Crippen molar-refractivity contribution in [2.24, 2.45) is 0 Å². The largest absolute Gasteiger partial charge is 0.462 e. The van der Waals surface area contributed by atoms with Crippen LogP contribution in [0.5, 0.6) is 0 Å². The van der Waals surface area contributed by atoms with E-state index < -0.39 is 5.97 Å². The number of aromatic nitrogens is 3. The van der Waals surface area contributed by atoms with Crippen molar-refractivity contribution in [2.75, 3.05) is 12.3 Å². The van der Waals surface area contributed by atoms with E-state index in [0.717, 1.165) is 0 Å². The predicted molar refractivity (Wildman–Crippen MR) is 66.4 cm³/mol. The van der Waals surface area contributed by atoms with E-state index in [9.17, 15) is 4.79 Å². The second kappa shape index (κ2) is 5.18. The number of hydrogen-bond acceptors (Lipinski definition) is 6. The first-order valence-electron chi connectivity index (χ1n) is 5.54. The maximum atomic E-state index is 11.7. The van der Waals surface area contributed by atoms with Crippen LogP contribution in [-0.4, -0.2) is 27.1 Å². The quantitative estimate of drug-likeness (QED) is 0.818. The van der Waals surface area contributed by atoms with E-state index >= 15 is 0 Å². The van der Waals surface area contributed by atoms with Gasteiger partial charge in [-0.25, -0.2) is 14.8 Å². The fourth-order valence-electron chi connectivity index (χ4n) is 1.60. The average molecular weight is 257 g/mol. The SMILES string of the molecule is CCOC(=O)c1ccnc(-n2ccnc2C#N)c1N. The van der Waals surface area contributed by atoms with Gasteiger partial charge >= 0.3 is 5.97 Å². The van der Waals surface area contributed by atoms with E-state index in [2.05, 4.69) is 9.97 Å². The van der Waals surface area contributed by atoms with Crippen molar-refractivity contribution in [2.45, 2.75) is 6.92 Å². The molecule has 0 unspecified atom stereocenters. The standard InChI is InChI=1S/C12H11N5O2/c1-2-19-12(18)8-3-4-16-11(10(8)14)17-6-5-15-9(17)7-13/h3-6H,2,14H2,1H3. The smallest absolute Gasteiger partial charge is 0.340 e. The molecule has 0 aliphatic carbocycles. The van der Waals surface area contributed by atoms with Crippen molar-refractivity contribution in [3.63, 3.8) is 0 Å². The normalized spacial score (nSPS) is 9.89. The summed E-state index contributed by atoms with van der Waals surface area (Å²) >= 11 is 0. The molecule has 2 rings (SSSR count). The predicted octanol–water partition coefficient (Wildman–Crippen LogP) is 0.898. The van der Waals surface area contributed by atoms with Crippen LogP contribution < -0.4 is 5.73 Å². The third-order valence-electron chi connectivity index (χ3n) is 2.43. The summed E-state index contributed by atoms with van der Waals surface area (Å²) in [4.78, 5) is 19.6. The van der Waals surface area contributed by atoms with Gasteiger partial charge in [-0.3, -0.25) is 4.57 Å². The maximum absolute atomic E-state index is 11.7. The molecule has 0 aliphatic rings. The highest BCUT2D eigenvalue weighted by Crippen LogP contribution is 2.20. The van der Waals surface area contributed by atoms with Crippen molar-refractivity contribution >= 4 is 11.7 Å². The zero-order chi connectivity index (χ0) is 13.8. The van der Waals surface area contributed by atoms with Crippen molar-refractivity contribution in [3.05, 3.63) is 36.0 Å². The molecular weight excluding hydrogens is 246 g/mol. The molecule has 0 bridgehead atoms. The molecule has 0 spiro atoms. The Balaban J connectivity index is 2.52. The molecule has 2 heterocycles. The molecular formula is C12H11N5O2. The van der Waals surface area contributed by atoms with Crippen LogP contribution >= 0.6 is 0 Å². The molecule has 2 aromatic heterocycles. The summed E-state index contributed by atoms with van der Waals surface area (Å²) in [6, 6.07) is 3.39. The number of imidazole rings is 1. The Bertz CT molecular complexity index is 656. The summed E-state index contributed by atoms with van der Waals surface area (Å²) in [7, 11) is 0. The first-order chi connectivity index (χ1) is 9.19. The molecule has 0 saturated carbocycles. The molecule has 0 aliphatic heterocycles. The molecule has 2 N–H and O–H groups in total. The lowest BCUT2D eigenvalue weighted by molar-refractivity contribution is 0.0527. The van der Waals surface area contributed by atoms with Crippen LogP contribution in [0.25, 0.3) is 5.82 Å². The number of hydrogen-bond donors (Lipinski definition) is 1. The fourth-order valence-corrected chi connectivity index (χ4v) is 1.60. The lowest BCUT2D eigenvalue weighted by Crippen LogP contribution is -2.12. The van der Waals surface area contributed by atoms with Gasteiger partial charge in [-0.15, -0.1) is 0 Å². The van der Waals surface area contributed by atoms with E-state index in [1.807, 2.05) is 6.07 Å². The van der Waals surface area contributed by atoms with Crippen molar-refractivity contribution in [3.8, 4) is 11.9 Å². The van der Waals surface area contributed by atoms with E-state index in [4.69, 9.17) is 15.7 Å². The maximum Gasteiger partial charge on any atom is 0.340 e. The monoisotopic (exact) mass is 257 g/mol. The molecule has 0 fully saturated rings. The fraction of sp³-hybridized carbons (Fsp3) is 0.167. The summed E-state index contributed by atoms with van der Waals surface area (Å²) in [6.45, 7) is 1.96. The van der Waals surface area contributed by atoms with Gasteiger partial charge in [0.15, 0.2) is 5.82 Å². The third kappa shape index (κ3) is 2.24. The van der Waals surface area contributed by atoms with Crippen LogP contribution in [0.3, 0.4) is 0 Å². The number of anilines is 1. The lowest BCUT2D eigenvalue weighted by Gasteiger charge is -2.10. The van der Waals surface area contributed by atoms with E-state index in [1.165, 1.54) is 23.0 Å². The number of nitrogens with two attached hydrogens (primary N) is 1. The zero-order valence-corrected chi connectivity index (χ0v) is 10.2. The van der Waals surface area contributed by atoms with Crippen LogP contribution in [0.1, 0.15) is 23.1 Å². The van der Waals surface area contributed by atoms with E-state index in [0.29, 0.717) is 0 Å². The van der Waals surface area contributed by atoms with Gasteiger partial charge in [0.1, 0.15) is 6.07 Å². The lowest BCUT2D eigenvalue weighted by atomic mass is 10.2. The molecule has 0 atom stereocenters. The highest BCUT2D eigenvalue weighted by molar-refractivity contribution is 5.96. The average Bonchev–Trinajstić information content (AvgIpc) is 2.87. The Hall–Kier alpha value is -2.88. The highest BCUT2D eigenvalue weighted by atomic mass is 16.5. The van der Waals surface area contributed by atoms with Gasteiger partial charge in [0.2, 0.25) is 5.82 Å². The second-order valence-electron chi connectivity index (χ2n) is 3.55. The Labute approximate surface area is 109 Å². The molecule has 7 nitrogen and oxygen atoms in total. The molecule has 7 heteroatoms. The second-order valence-corrected chi connectivity index (χ2v) is 3.55. The molecule has 0 amide bonds. The minimum absolute atomic E-state index is 0.139. The van der Waals surface area contributed by atoms with Crippen molar-refractivity contribution < 1.29 is 9.53 Å². The number of esters is 1. The van der Waals surface area contributed by atoms with Gasteiger partial charge in [0.05, 0.1) is 17.9 Å². The summed E-state index contributed by atoms with van der Waals surface area (Å²) < 4.78 is 6.32. The first-order valence-corrected chi connectivity index (χ1v) is 5.54. The van der Waals surface area contributed by atoms with Crippen LogP contribution in [0.4, 0.5) is 5.69 Å². The highest BCUT2D eigenvalue weighted by Gasteiger charge is 2.17. The number of pyridine rings is 1. The number of carbonyl (C=O) groups is 1. The Kier molecular flexibility index (Phi) is 3.43. The van der Waals surface area contributed by atoms with Gasteiger partial charge in [-0.05, 0) is 13.0 Å². The number of nitrogen functional groups attached to an aromatic ring is 1. The van der Waals surface area contributed by atoms with Crippen molar-refractivity contribution in [1.29, 1.82) is 5.26 Å². The Morgan fingerprint density at radius 1 is 1.53 bits per heavy atom. The molecule has 0 radical (unpaired) electrons. The van der Waals surface area contributed by atoms with Crippen LogP contribution in [0.15, 0.2) is 24.7 Å². The summed E-state index contributed by atoms with van der Waals surface area (Å²) in [5.41, 5.74) is 6.27. The topological polar surface area (TPSA) is 107 Å². The number of rotatable bonds is 3.